The van der Waals surface area contributed by atoms with E-state index in [1.165, 1.54) is 18.9 Å². The second kappa shape index (κ2) is 6.38. The van der Waals surface area contributed by atoms with E-state index in [9.17, 15) is 9.18 Å². The molecule has 0 heterocycles. The molecule has 1 fully saturated rings. The lowest BCUT2D eigenvalue weighted by molar-refractivity contribution is 0.0655. The van der Waals surface area contributed by atoms with Crippen molar-refractivity contribution in [2.75, 3.05) is 6.54 Å². The van der Waals surface area contributed by atoms with Crippen molar-refractivity contribution >= 4 is 5.91 Å². The highest BCUT2D eigenvalue weighted by Crippen LogP contribution is 2.26. The molecule has 0 aliphatic heterocycles. The maximum atomic E-state index is 13.3. The molecule has 0 radical (unpaired) electrons. The van der Waals surface area contributed by atoms with Gasteiger partial charge in [0, 0.05) is 18.2 Å². The van der Waals surface area contributed by atoms with Crippen molar-refractivity contribution in [3.8, 4) is 0 Å². The highest BCUT2D eigenvalue weighted by atomic mass is 19.1. The van der Waals surface area contributed by atoms with Crippen LogP contribution in [0, 0.1) is 18.7 Å². The number of amides is 1. The van der Waals surface area contributed by atoms with Gasteiger partial charge in [-0.25, -0.2) is 4.39 Å². The van der Waals surface area contributed by atoms with Crippen LogP contribution in [0.25, 0.3) is 0 Å². The molecule has 1 aromatic carbocycles. The molecular formula is C17H24FNO. The first-order valence-corrected chi connectivity index (χ1v) is 7.56. The zero-order valence-electron chi connectivity index (χ0n) is 12.7. The minimum Gasteiger partial charge on any atom is -0.335 e. The number of nitrogens with zero attached hydrogens (tertiary/aromatic N) is 1. The van der Waals surface area contributed by atoms with E-state index in [2.05, 4.69) is 13.8 Å². The fourth-order valence-corrected chi connectivity index (χ4v) is 2.95. The number of halogens is 1. The van der Waals surface area contributed by atoms with Crippen molar-refractivity contribution in [3.05, 3.63) is 35.1 Å². The molecular weight excluding hydrogens is 253 g/mol. The Labute approximate surface area is 121 Å². The molecule has 110 valence electrons. The molecule has 3 heteroatoms. The number of hydrogen-bond acceptors (Lipinski definition) is 1. The van der Waals surface area contributed by atoms with Crippen molar-refractivity contribution in [1.29, 1.82) is 0 Å². The first kappa shape index (κ1) is 15.0. The van der Waals surface area contributed by atoms with Crippen LogP contribution in [0.15, 0.2) is 18.2 Å². The molecule has 0 saturated heterocycles. The van der Waals surface area contributed by atoms with Crippen molar-refractivity contribution in [2.45, 2.75) is 52.5 Å². The molecule has 1 aromatic rings. The number of benzene rings is 1. The Morgan fingerprint density at radius 3 is 2.55 bits per heavy atom. The average molecular weight is 277 g/mol. The summed E-state index contributed by atoms with van der Waals surface area (Å²) in [5.74, 6) is 0.243. The summed E-state index contributed by atoms with van der Waals surface area (Å²) in [4.78, 5) is 14.7. The monoisotopic (exact) mass is 277 g/mol. The maximum Gasteiger partial charge on any atom is 0.254 e. The molecule has 0 spiro atoms. The van der Waals surface area contributed by atoms with Crippen LogP contribution in [-0.2, 0) is 0 Å². The van der Waals surface area contributed by atoms with E-state index in [4.69, 9.17) is 0 Å². The van der Waals surface area contributed by atoms with Gasteiger partial charge < -0.3 is 4.90 Å². The molecule has 1 aliphatic carbocycles. The fraction of sp³-hybridized carbons (Fsp3) is 0.588. The van der Waals surface area contributed by atoms with E-state index in [0.29, 0.717) is 23.1 Å². The van der Waals surface area contributed by atoms with E-state index >= 15 is 0 Å². The van der Waals surface area contributed by atoms with E-state index in [-0.39, 0.29) is 11.7 Å². The molecule has 0 aromatic heterocycles. The zero-order valence-corrected chi connectivity index (χ0v) is 12.7. The summed E-state index contributed by atoms with van der Waals surface area (Å²) in [5, 5.41) is 0. The molecule has 2 nitrogen and oxygen atoms in total. The second-order valence-electron chi connectivity index (χ2n) is 6.25. The first-order valence-electron chi connectivity index (χ1n) is 7.56. The SMILES string of the molecule is Cc1cc(C(=O)N(CC(C)C)C2CCCC2)ccc1F. The number of hydrogen-bond donors (Lipinski definition) is 0. The van der Waals surface area contributed by atoms with Gasteiger partial charge in [0.1, 0.15) is 5.82 Å². The van der Waals surface area contributed by atoms with Gasteiger partial charge in [0.05, 0.1) is 0 Å². The Kier molecular flexibility index (Phi) is 4.79. The highest BCUT2D eigenvalue weighted by molar-refractivity contribution is 5.94. The minimum absolute atomic E-state index is 0.0497. The summed E-state index contributed by atoms with van der Waals surface area (Å²) < 4.78 is 13.3. The Morgan fingerprint density at radius 2 is 2.00 bits per heavy atom. The van der Waals surface area contributed by atoms with Crippen LogP contribution in [0.4, 0.5) is 4.39 Å². The number of rotatable bonds is 4. The van der Waals surface area contributed by atoms with Gasteiger partial charge in [0.2, 0.25) is 0 Å². The van der Waals surface area contributed by atoms with Crippen LogP contribution >= 0.6 is 0 Å². The Morgan fingerprint density at radius 1 is 1.35 bits per heavy atom. The normalized spacial score (nSPS) is 15.8. The van der Waals surface area contributed by atoms with Gasteiger partial charge in [-0.3, -0.25) is 4.79 Å². The third-order valence-electron chi connectivity index (χ3n) is 3.99. The molecule has 0 unspecified atom stereocenters. The van der Waals surface area contributed by atoms with Crippen molar-refractivity contribution in [3.63, 3.8) is 0 Å². The number of carbonyl (C=O) groups excluding carboxylic acids is 1. The largest absolute Gasteiger partial charge is 0.335 e. The smallest absolute Gasteiger partial charge is 0.254 e. The summed E-state index contributed by atoms with van der Waals surface area (Å²) in [6.45, 7) is 6.74. The van der Waals surface area contributed by atoms with Crippen molar-refractivity contribution < 1.29 is 9.18 Å². The van der Waals surface area contributed by atoms with Crippen LogP contribution in [-0.4, -0.2) is 23.4 Å². The van der Waals surface area contributed by atoms with E-state index in [1.54, 1.807) is 19.1 Å². The summed E-state index contributed by atoms with van der Waals surface area (Å²) in [6, 6.07) is 5.02. The molecule has 0 atom stereocenters. The van der Waals surface area contributed by atoms with Crippen LogP contribution in [0.2, 0.25) is 0 Å². The summed E-state index contributed by atoms with van der Waals surface area (Å²) in [5.41, 5.74) is 1.14. The van der Waals surface area contributed by atoms with Gasteiger partial charge in [0.15, 0.2) is 0 Å². The third-order valence-corrected chi connectivity index (χ3v) is 3.99. The summed E-state index contributed by atoms with van der Waals surface area (Å²) in [6.07, 6.45) is 4.60. The lowest BCUT2D eigenvalue weighted by Crippen LogP contribution is -2.41. The van der Waals surface area contributed by atoms with Gasteiger partial charge in [-0.1, -0.05) is 26.7 Å². The first-order chi connectivity index (χ1) is 9.49. The van der Waals surface area contributed by atoms with Crippen LogP contribution in [0.5, 0.6) is 0 Å². The molecule has 0 bridgehead atoms. The Hall–Kier alpha value is -1.38. The third kappa shape index (κ3) is 3.38. The van der Waals surface area contributed by atoms with Crippen molar-refractivity contribution in [2.24, 2.45) is 5.92 Å². The summed E-state index contributed by atoms with van der Waals surface area (Å²) >= 11 is 0. The van der Waals surface area contributed by atoms with Gasteiger partial charge >= 0.3 is 0 Å². The quantitative estimate of drug-likeness (QED) is 0.808. The lowest BCUT2D eigenvalue weighted by atomic mass is 10.1. The van der Waals surface area contributed by atoms with Gasteiger partial charge in [0.25, 0.3) is 5.91 Å². The number of aryl methyl sites for hydroxylation is 1. The molecule has 0 N–H and O–H groups in total. The predicted octanol–water partition coefficient (Wildman–Crippen LogP) is 4.17. The van der Waals surface area contributed by atoms with Crippen molar-refractivity contribution in [1.82, 2.24) is 4.90 Å². The van der Waals surface area contributed by atoms with E-state index in [0.717, 1.165) is 19.4 Å². The zero-order chi connectivity index (χ0) is 14.7. The second-order valence-corrected chi connectivity index (χ2v) is 6.25. The molecule has 1 saturated carbocycles. The Bertz CT molecular complexity index is 478. The fourth-order valence-electron chi connectivity index (χ4n) is 2.95. The van der Waals surface area contributed by atoms with Crippen LogP contribution < -0.4 is 0 Å². The molecule has 2 rings (SSSR count). The number of carbonyl (C=O) groups is 1. The van der Waals surface area contributed by atoms with Gasteiger partial charge in [-0.05, 0) is 49.4 Å². The predicted molar refractivity (Wildman–Crippen MR) is 79.3 cm³/mol. The van der Waals surface area contributed by atoms with Crippen LogP contribution in [0.1, 0.15) is 55.5 Å². The topological polar surface area (TPSA) is 20.3 Å². The van der Waals surface area contributed by atoms with E-state index < -0.39 is 0 Å². The minimum atomic E-state index is -0.252. The Balaban J connectivity index is 2.22. The molecule has 20 heavy (non-hydrogen) atoms. The van der Waals surface area contributed by atoms with E-state index in [1.807, 2.05) is 4.90 Å². The van der Waals surface area contributed by atoms with Crippen LogP contribution in [0.3, 0.4) is 0 Å². The highest BCUT2D eigenvalue weighted by Gasteiger charge is 2.28. The molecule has 1 amide bonds. The van der Waals surface area contributed by atoms with Gasteiger partial charge in [-0.2, -0.15) is 0 Å². The summed E-state index contributed by atoms with van der Waals surface area (Å²) in [7, 11) is 0. The lowest BCUT2D eigenvalue weighted by Gasteiger charge is -2.31. The standard InChI is InChI=1S/C17H24FNO/c1-12(2)11-19(15-6-4-5-7-15)17(20)14-8-9-16(18)13(3)10-14/h8-10,12,15H,4-7,11H2,1-3H3. The maximum absolute atomic E-state index is 13.3. The average Bonchev–Trinajstić information content (AvgIpc) is 2.92. The molecule has 1 aliphatic rings. The van der Waals surface area contributed by atoms with Gasteiger partial charge in [-0.15, -0.1) is 0 Å².